The second-order valence-electron chi connectivity index (χ2n) is 4.24. The number of phenolic OH excluding ortho intramolecular Hbond substituents is 2. The van der Waals surface area contributed by atoms with E-state index in [0.29, 0.717) is 12.2 Å². The molecular formula is C12H15N3O3. The number of nitrogens with zero attached hydrogens (tertiary/aromatic N) is 3. The summed E-state index contributed by atoms with van der Waals surface area (Å²) in [5.41, 5.74) is 0.168. The molecular weight excluding hydrogens is 234 g/mol. The molecule has 0 saturated heterocycles. The summed E-state index contributed by atoms with van der Waals surface area (Å²) >= 11 is 0. The Morgan fingerprint density at radius 2 is 1.89 bits per heavy atom. The van der Waals surface area contributed by atoms with E-state index in [0.717, 1.165) is 6.54 Å². The minimum absolute atomic E-state index is 0.0854. The predicted octanol–water partition coefficient (Wildman–Crippen LogP) is 1.25. The molecule has 0 radical (unpaired) electrons. The molecule has 0 aliphatic heterocycles. The lowest BCUT2D eigenvalue weighted by Crippen LogP contribution is -2.15. The van der Waals surface area contributed by atoms with E-state index in [2.05, 4.69) is 10.1 Å². The van der Waals surface area contributed by atoms with Crippen molar-refractivity contribution in [3.8, 4) is 23.0 Å². The molecule has 0 amide bonds. The molecule has 0 spiro atoms. The maximum absolute atomic E-state index is 9.68. The van der Waals surface area contributed by atoms with Crippen molar-refractivity contribution in [2.24, 2.45) is 0 Å². The standard InChI is InChI=1S/C12H15N3O3/c1-15(2)7-6-10-13-12(18-14-10)11-8(16)4-3-5-9(11)17/h3-5,16-17H,6-7H2,1-2H3. The van der Waals surface area contributed by atoms with Crippen LogP contribution in [0.4, 0.5) is 0 Å². The Bertz CT molecular complexity index is 517. The van der Waals surface area contributed by atoms with Crippen LogP contribution in [-0.4, -0.2) is 45.9 Å². The maximum atomic E-state index is 9.68. The Balaban J connectivity index is 2.24. The quantitative estimate of drug-likeness (QED) is 0.848. The van der Waals surface area contributed by atoms with Crippen molar-refractivity contribution in [2.75, 3.05) is 20.6 Å². The average Bonchev–Trinajstić information content (AvgIpc) is 2.75. The molecule has 0 aliphatic rings. The zero-order chi connectivity index (χ0) is 13.1. The van der Waals surface area contributed by atoms with Gasteiger partial charge in [-0.1, -0.05) is 11.2 Å². The van der Waals surface area contributed by atoms with Crippen molar-refractivity contribution in [1.82, 2.24) is 15.0 Å². The largest absolute Gasteiger partial charge is 0.507 e. The van der Waals surface area contributed by atoms with E-state index in [9.17, 15) is 10.2 Å². The second kappa shape index (κ2) is 5.05. The highest BCUT2D eigenvalue weighted by Gasteiger charge is 2.16. The van der Waals surface area contributed by atoms with E-state index in [-0.39, 0.29) is 23.0 Å². The highest BCUT2D eigenvalue weighted by atomic mass is 16.5. The van der Waals surface area contributed by atoms with Crippen LogP contribution in [0.1, 0.15) is 5.82 Å². The molecule has 6 nitrogen and oxygen atoms in total. The fourth-order valence-corrected chi connectivity index (χ4v) is 1.53. The van der Waals surface area contributed by atoms with Gasteiger partial charge in [0.15, 0.2) is 5.82 Å². The summed E-state index contributed by atoms with van der Waals surface area (Å²) in [5.74, 6) is 0.497. The van der Waals surface area contributed by atoms with E-state index < -0.39 is 0 Å². The van der Waals surface area contributed by atoms with Gasteiger partial charge in [-0.2, -0.15) is 4.98 Å². The molecule has 1 aromatic carbocycles. The van der Waals surface area contributed by atoms with Gasteiger partial charge in [-0.25, -0.2) is 0 Å². The van der Waals surface area contributed by atoms with Gasteiger partial charge < -0.3 is 19.6 Å². The smallest absolute Gasteiger partial charge is 0.265 e. The second-order valence-corrected chi connectivity index (χ2v) is 4.24. The molecule has 0 fully saturated rings. The van der Waals surface area contributed by atoms with Gasteiger partial charge >= 0.3 is 0 Å². The van der Waals surface area contributed by atoms with Gasteiger partial charge in [0.25, 0.3) is 5.89 Å². The van der Waals surface area contributed by atoms with Gasteiger partial charge in [0.2, 0.25) is 0 Å². The SMILES string of the molecule is CN(C)CCc1noc(-c2c(O)cccc2O)n1. The molecule has 2 aromatic rings. The number of aromatic hydroxyl groups is 2. The zero-order valence-electron chi connectivity index (χ0n) is 10.3. The molecule has 2 N–H and O–H groups in total. The van der Waals surface area contributed by atoms with Crippen molar-refractivity contribution in [2.45, 2.75) is 6.42 Å². The topological polar surface area (TPSA) is 82.6 Å². The Morgan fingerprint density at radius 3 is 2.50 bits per heavy atom. The van der Waals surface area contributed by atoms with Crippen LogP contribution in [0.2, 0.25) is 0 Å². The third kappa shape index (κ3) is 2.60. The van der Waals surface area contributed by atoms with Gasteiger partial charge in [-0.05, 0) is 26.2 Å². The van der Waals surface area contributed by atoms with Gasteiger partial charge in [-0.3, -0.25) is 0 Å². The van der Waals surface area contributed by atoms with Crippen LogP contribution >= 0.6 is 0 Å². The molecule has 2 rings (SSSR count). The maximum Gasteiger partial charge on any atom is 0.265 e. The lowest BCUT2D eigenvalue weighted by atomic mass is 10.2. The summed E-state index contributed by atoms with van der Waals surface area (Å²) in [4.78, 5) is 6.16. The summed E-state index contributed by atoms with van der Waals surface area (Å²) in [5, 5.41) is 23.2. The molecule has 0 unspecified atom stereocenters. The van der Waals surface area contributed by atoms with E-state index in [1.165, 1.54) is 18.2 Å². The van der Waals surface area contributed by atoms with Crippen LogP contribution < -0.4 is 0 Å². The van der Waals surface area contributed by atoms with Crippen LogP contribution in [0.15, 0.2) is 22.7 Å². The Labute approximate surface area is 104 Å². The number of aromatic nitrogens is 2. The fraction of sp³-hybridized carbons (Fsp3) is 0.333. The van der Waals surface area contributed by atoms with Crippen molar-refractivity contribution in [3.05, 3.63) is 24.0 Å². The van der Waals surface area contributed by atoms with Crippen LogP contribution in [0.3, 0.4) is 0 Å². The Kier molecular flexibility index (Phi) is 3.47. The fourth-order valence-electron chi connectivity index (χ4n) is 1.53. The highest BCUT2D eigenvalue weighted by molar-refractivity contribution is 5.69. The highest BCUT2D eigenvalue weighted by Crippen LogP contribution is 2.35. The summed E-state index contributed by atoms with van der Waals surface area (Å²) in [6.45, 7) is 0.797. The molecule has 1 heterocycles. The summed E-state index contributed by atoms with van der Waals surface area (Å²) < 4.78 is 5.05. The van der Waals surface area contributed by atoms with Crippen LogP contribution in [0.25, 0.3) is 11.5 Å². The lowest BCUT2D eigenvalue weighted by molar-refractivity contribution is 0.389. The Hall–Kier alpha value is -2.08. The number of hydrogen-bond acceptors (Lipinski definition) is 6. The van der Waals surface area contributed by atoms with Gasteiger partial charge in [-0.15, -0.1) is 0 Å². The monoisotopic (exact) mass is 249 g/mol. The zero-order valence-corrected chi connectivity index (χ0v) is 10.3. The van der Waals surface area contributed by atoms with Gasteiger partial charge in [0, 0.05) is 13.0 Å². The first-order valence-electron chi connectivity index (χ1n) is 5.56. The van der Waals surface area contributed by atoms with Crippen molar-refractivity contribution in [3.63, 3.8) is 0 Å². The van der Waals surface area contributed by atoms with Crippen molar-refractivity contribution >= 4 is 0 Å². The van der Waals surface area contributed by atoms with Crippen LogP contribution in [0.5, 0.6) is 11.5 Å². The van der Waals surface area contributed by atoms with Gasteiger partial charge in [0.1, 0.15) is 17.1 Å². The lowest BCUT2D eigenvalue weighted by Gasteiger charge is -2.05. The molecule has 0 atom stereocenters. The first-order chi connectivity index (χ1) is 8.58. The summed E-state index contributed by atoms with van der Waals surface area (Å²) in [7, 11) is 3.91. The van der Waals surface area contributed by atoms with E-state index in [4.69, 9.17) is 4.52 Å². The summed E-state index contributed by atoms with van der Waals surface area (Å²) in [6, 6.07) is 4.45. The Morgan fingerprint density at radius 1 is 1.22 bits per heavy atom. The van der Waals surface area contributed by atoms with Crippen molar-refractivity contribution in [1.29, 1.82) is 0 Å². The summed E-state index contributed by atoms with van der Waals surface area (Å²) in [6.07, 6.45) is 0.644. The van der Waals surface area contributed by atoms with E-state index >= 15 is 0 Å². The van der Waals surface area contributed by atoms with Crippen LogP contribution in [-0.2, 0) is 6.42 Å². The molecule has 6 heteroatoms. The molecule has 1 aromatic heterocycles. The third-order valence-corrected chi connectivity index (χ3v) is 2.49. The van der Waals surface area contributed by atoms with E-state index in [1.54, 1.807) is 0 Å². The molecule has 18 heavy (non-hydrogen) atoms. The molecule has 0 aliphatic carbocycles. The number of phenols is 2. The minimum Gasteiger partial charge on any atom is -0.507 e. The third-order valence-electron chi connectivity index (χ3n) is 2.49. The average molecular weight is 249 g/mol. The molecule has 96 valence electrons. The molecule has 0 bridgehead atoms. The normalized spacial score (nSPS) is 11.1. The number of rotatable bonds is 4. The number of likely N-dealkylation sites (N-methyl/N-ethyl adjacent to an activating group) is 1. The molecule has 0 saturated carbocycles. The number of benzene rings is 1. The number of hydrogen-bond donors (Lipinski definition) is 2. The minimum atomic E-state index is -0.0854. The first-order valence-corrected chi connectivity index (χ1v) is 5.56. The van der Waals surface area contributed by atoms with Crippen molar-refractivity contribution < 1.29 is 14.7 Å². The van der Waals surface area contributed by atoms with Gasteiger partial charge in [0.05, 0.1) is 0 Å². The predicted molar refractivity (Wildman–Crippen MR) is 65.3 cm³/mol. The first kappa shape index (κ1) is 12.4. The van der Waals surface area contributed by atoms with E-state index in [1.807, 2.05) is 19.0 Å². The van der Waals surface area contributed by atoms with Crippen LogP contribution in [0, 0.1) is 0 Å².